The molecule has 7 heteroatoms. The zero-order valence-corrected chi connectivity index (χ0v) is 13.1. The van der Waals surface area contributed by atoms with Crippen LogP contribution in [0.25, 0.3) is 10.9 Å². The number of nitro groups is 1. The van der Waals surface area contributed by atoms with Crippen LogP contribution in [0.5, 0.6) is 23.0 Å². The number of benzene rings is 2. The molecule has 0 radical (unpaired) electrons. The Hall–Kier alpha value is -3.35. The third-order valence-electron chi connectivity index (χ3n) is 3.46. The highest BCUT2D eigenvalue weighted by Gasteiger charge is 2.12. The maximum absolute atomic E-state index is 10.9. The van der Waals surface area contributed by atoms with Gasteiger partial charge in [-0.25, -0.2) is 0 Å². The minimum Gasteiger partial charge on any atom is -0.493 e. The van der Waals surface area contributed by atoms with E-state index in [9.17, 15) is 10.1 Å². The lowest BCUT2D eigenvalue weighted by molar-refractivity contribution is -0.384. The Morgan fingerprint density at radius 1 is 1.00 bits per heavy atom. The zero-order chi connectivity index (χ0) is 17.1. The number of hydrogen-bond donors (Lipinski definition) is 0. The van der Waals surface area contributed by atoms with E-state index in [-0.39, 0.29) is 5.69 Å². The number of pyridine rings is 1. The van der Waals surface area contributed by atoms with Gasteiger partial charge in [0, 0.05) is 23.7 Å². The third-order valence-corrected chi connectivity index (χ3v) is 3.46. The SMILES string of the molecule is COc1cc2nccc(Oc3cccc([N+](=O)[O-])c3)c2cc1OC. The van der Waals surface area contributed by atoms with Crippen molar-refractivity contribution in [3.63, 3.8) is 0 Å². The van der Waals surface area contributed by atoms with E-state index in [1.807, 2.05) is 0 Å². The monoisotopic (exact) mass is 326 g/mol. The summed E-state index contributed by atoms with van der Waals surface area (Å²) in [5.74, 6) is 1.99. The van der Waals surface area contributed by atoms with Gasteiger partial charge in [-0.2, -0.15) is 0 Å². The van der Waals surface area contributed by atoms with E-state index in [0.717, 1.165) is 0 Å². The molecule has 0 saturated heterocycles. The molecule has 3 aromatic rings. The van der Waals surface area contributed by atoms with Gasteiger partial charge in [0.1, 0.15) is 11.5 Å². The van der Waals surface area contributed by atoms with Crippen molar-refractivity contribution in [2.45, 2.75) is 0 Å². The van der Waals surface area contributed by atoms with E-state index in [0.29, 0.717) is 33.9 Å². The second kappa shape index (κ2) is 6.41. The fourth-order valence-electron chi connectivity index (χ4n) is 2.32. The van der Waals surface area contributed by atoms with Gasteiger partial charge in [0.2, 0.25) is 0 Å². The van der Waals surface area contributed by atoms with Gasteiger partial charge in [-0.05, 0) is 18.2 Å². The van der Waals surface area contributed by atoms with Crippen molar-refractivity contribution in [2.24, 2.45) is 0 Å². The lowest BCUT2D eigenvalue weighted by Gasteiger charge is -2.12. The first kappa shape index (κ1) is 15.5. The van der Waals surface area contributed by atoms with E-state index in [1.54, 1.807) is 50.7 Å². The number of non-ortho nitro benzene ring substituents is 1. The first-order valence-corrected chi connectivity index (χ1v) is 7.05. The van der Waals surface area contributed by atoms with Crippen LogP contribution in [-0.2, 0) is 0 Å². The molecule has 24 heavy (non-hydrogen) atoms. The summed E-state index contributed by atoms with van der Waals surface area (Å²) in [6.07, 6.45) is 1.60. The second-order valence-electron chi connectivity index (χ2n) is 4.89. The molecule has 2 aromatic carbocycles. The molecule has 1 heterocycles. The van der Waals surface area contributed by atoms with Gasteiger partial charge in [-0.15, -0.1) is 0 Å². The maximum Gasteiger partial charge on any atom is 0.273 e. The van der Waals surface area contributed by atoms with Crippen molar-refractivity contribution in [1.29, 1.82) is 0 Å². The van der Waals surface area contributed by atoms with Crippen LogP contribution in [0.1, 0.15) is 0 Å². The third kappa shape index (κ3) is 2.91. The van der Waals surface area contributed by atoms with Crippen molar-refractivity contribution in [1.82, 2.24) is 4.98 Å². The standard InChI is InChI=1S/C17H14N2O5/c1-22-16-9-13-14(10-17(16)23-2)18-7-6-15(13)24-12-5-3-4-11(8-12)19(20)21/h3-10H,1-2H3. The summed E-state index contributed by atoms with van der Waals surface area (Å²) >= 11 is 0. The summed E-state index contributed by atoms with van der Waals surface area (Å²) in [7, 11) is 3.09. The van der Waals surface area contributed by atoms with E-state index < -0.39 is 4.92 Å². The van der Waals surface area contributed by atoms with Gasteiger partial charge in [-0.3, -0.25) is 15.1 Å². The number of methoxy groups -OCH3 is 2. The van der Waals surface area contributed by atoms with Gasteiger partial charge >= 0.3 is 0 Å². The predicted octanol–water partition coefficient (Wildman–Crippen LogP) is 3.95. The smallest absolute Gasteiger partial charge is 0.273 e. The summed E-state index contributed by atoms with van der Waals surface area (Å²) in [5.41, 5.74) is 0.626. The largest absolute Gasteiger partial charge is 0.493 e. The maximum atomic E-state index is 10.9. The van der Waals surface area contributed by atoms with Gasteiger partial charge in [0.15, 0.2) is 11.5 Å². The van der Waals surface area contributed by atoms with E-state index in [1.165, 1.54) is 12.1 Å². The molecule has 0 fully saturated rings. The molecule has 0 amide bonds. The van der Waals surface area contributed by atoms with E-state index >= 15 is 0 Å². The lowest BCUT2D eigenvalue weighted by Crippen LogP contribution is -1.94. The van der Waals surface area contributed by atoms with E-state index in [2.05, 4.69) is 4.98 Å². The highest BCUT2D eigenvalue weighted by molar-refractivity contribution is 5.88. The topological polar surface area (TPSA) is 83.7 Å². The summed E-state index contributed by atoms with van der Waals surface area (Å²) in [4.78, 5) is 14.7. The normalized spacial score (nSPS) is 10.4. The predicted molar refractivity (Wildman–Crippen MR) is 88.0 cm³/mol. The minimum atomic E-state index is -0.467. The number of nitrogens with zero attached hydrogens (tertiary/aromatic N) is 2. The van der Waals surface area contributed by atoms with Crippen LogP contribution in [-0.4, -0.2) is 24.1 Å². The van der Waals surface area contributed by atoms with Crippen molar-refractivity contribution < 1.29 is 19.1 Å². The molecule has 0 bridgehead atoms. The molecular formula is C17H14N2O5. The van der Waals surface area contributed by atoms with Crippen LogP contribution in [0.15, 0.2) is 48.7 Å². The first-order valence-electron chi connectivity index (χ1n) is 7.05. The van der Waals surface area contributed by atoms with Gasteiger partial charge in [0.25, 0.3) is 5.69 Å². The summed E-state index contributed by atoms with van der Waals surface area (Å²) in [5, 5.41) is 11.6. The Bertz CT molecular complexity index is 911. The van der Waals surface area contributed by atoms with Gasteiger partial charge in [-0.1, -0.05) is 6.07 Å². The molecule has 0 aliphatic rings. The lowest BCUT2D eigenvalue weighted by atomic mass is 10.2. The summed E-state index contributed by atoms with van der Waals surface area (Å²) < 4.78 is 16.4. The van der Waals surface area contributed by atoms with Crippen molar-refractivity contribution >= 4 is 16.6 Å². The van der Waals surface area contributed by atoms with Crippen LogP contribution in [0.3, 0.4) is 0 Å². The second-order valence-corrected chi connectivity index (χ2v) is 4.89. The van der Waals surface area contributed by atoms with Crippen LogP contribution >= 0.6 is 0 Å². The molecule has 7 nitrogen and oxygen atoms in total. The van der Waals surface area contributed by atoms with Gasteiger partial charge in [0.05, 0.1) is 30.7 Å². The van der Waals surface area contributed by atoms with Crippen LogP contribution in [0.2, 0.25) is 0 Å². The number of nitro benzene ring substituents is 1. The number of ether oxygens (including phenoxy) is 3. The average molecular weight is 326 g/mol. The van der Waals surface area contributed by atoms with Crippen LogP contribution in [0.4, 0.5) is 5.69 Å². The zero-order valence-electron chi connectivity index (χ0n) is 13.1. The molecule has 122 valence electrons. The first-order chi connectivity index (χ1) is 11.6. The van der Waals surface area contributed by atoms with Crippen LogP contribution in [0, 0.1) is 10.1 Å². The number of rotatable bonds is 5. The fraction of sp³-hybridized carbons (Fsp3) is 0.118. The quantitative estimate of drug-likeness (QED) is 0.521. The molecule has 3 rings (SSSR count). The Balaban J connectivity index is 2.06. The fourth-order valence-corrected chi connectivity index (χ4v) is 2.32. The van der Waals surface area contributed by atoms with Crippen molar-refractivity contribution in [2.75, 3.05) is 14.2 Å². The average Bonchev–Trinajstić information content (AvgIpc) is 2.61. The number of aromatic nitrogens is 1. The highest BCUT2D eigenvalue weighted by atomic mass is 16.6. The Morgan fingerprint density at radius 3 is 2.46 bits per heavy atom. The molecule has 0 aliphatic carbocycles. The molecule has 0 aliphatic heterocycles. The highest BCUT2D eigenvalue weighted by Crippen LogP contribution is 2.37. The van der Waals surface area contributed by atoms with E-state index in [4.69, 9.17) is 14.2 Å². The number of fused-ring (bicyclic) bond motifs is 1. The molecule has 0 saturated carbocycles. The van der Waals surface area contributed by atoms with Crippen LogP contribution < -0.4 is 14.2 Å². The molecule has 0 N–H and O–H groups in total. The summed E-state index contributed by atoms with van der Waals surface area (Å²) in [6, 6.07) is 11.2. The molecule has 0 spiro atoms. The Morgan fingerprint density at radius 2 is 1.75 bits per heavy atom. The molecule has 0 unspecified atom stereocenters. The minimum absolute atomic E-state index is 0.0369. The van der Waals surface area contributed by atoms with Gasteiger partial charge < -0.3 is 14.2 Å². The van der Waals surface area contributed by atoms with Crippen molar-refractivity contribution in [3.05, 3.63) is 58.8 Å². The molecule has 1 aromatic heterocycles. The Labute approximate surface area is 137 Å². The van der Waals surface area contributed by atoms with Crippen molar-refractivity contribution in [3.8, 4) is 23.0 Å². The Kier molecular flexibility index (Phi) is 4.15. The molecule has 0 atom stereocenters. The molecular weight excluding hydrogens is 312 g/mol. The summed E-state index contributed by atoms with van der Waals surface area (Å²) in [6.45, 7) is 0. The number of hydrogen-bond acceptors (Lipinski definition) is 6.